The Morgan fingerprint density at radius 1 is 0.857 bits per heavy atom. The van der Waals surface area contributed by atoms with Crippen LogP contribution in [0.15, 0.2) is 36.4 Å². The van der Waals surface area contributed by atoms with Crippen LogP contribution in [0.2, 0.25) is 0 Å². The van der Waals surface area contributed by atoms with Crippen LogP contribution in [0.1, 0.15) is 22.8 Å². The van der Waals surface area contributed by atoms with E-state index in [-0.39, 0.29) is 0 Å². The van der Waals surface area contributed by atoms with E-state index in [1.54, 1.807) is 33.5 Å². The second-order valence-electron chi connectivity index (χ2n) is 4.71. The second kappa shape index (κ2) is 6.50. The maximum Gasteiger partial charge on any atom is 0.128 e. The zero-order chi connectivity index (χ0) is 15.4. The van der Waals surface area contributed by atoms with Gasteiger partial charge in [0.05, 0.1) is 26.9 Å². The standard InChI is InChI=1S/C17H20O4/c1-11-8-9-12(10-15(11)21-4)17(18)16-13(19-2)6-5-7-14(16)20-3/h5-10,17-18H,1-4H3. The molecule has 0 aromatic heterocycles. The van der Waals surface area contributed by atoms with E-state index in [0.717, 1.165) is 16.9 Å². The summed E-state index contributed by atoms with van der Waals surface area (Å²) in [6, 6.07) is 11.0. The molecule has 0 aliphatic heterocycles. The number of aliphatic hydroxyl groups is 1. The molecule has 0 amide bonds. The first kappa shape index (κ1) is 15.2. The summed E-state index contributed by atoms with van der Waals surface area (Å²) in [4.78, 5) is 0. The summed E-state index contributed by atoms with van der Waals surface area (Å²) in [6.45, 7) is 1.96. The zero-order valence-corrected chi connectivity index (χ0v) is 12.7. The Kier molecular flexibility index (Phi) is 4.70. The maximum atomic E-state index is 10.7. The van der Waals surface area contributed by atoms with Crippen LogP contribution < -0.4 is 14.2 Å². The maximum absolute atomic E-state index is 10.7. The van der Waals surface area contributed by atoms with E-state index in [1.165, 1.54) is 0 Å². The fraction of sp³-hybridized carbons (Fsp3) is 0.294. The quantitative estimate of drug-likeness (QED) is 0.918. The molecule has 0 bridgehead atoms. The first-order valence-corrected chi connectivity index (χ1v) is 6.65. The number of aliphatic hydroxyl groups excluding tert-OH is 1. The molecule has 112 valence electrons. The highest BCUT2D eigenvalue weighted by molar-refractivity contribution is 5.51. The predicted molar refractivity (Wildman–Crippen MR) is 81.3 cm³/mol. The molecule has 4 heteroatoms. The highest BCUT2D eigenvalue weighted by Gasteiger charge is 2.21. The number of aryl methyl sites for hydroxylation is 1. The summed E-state index contributed by atoms with van der Waals surface area (Å²) >= 11 is 0. The van der Waals surface area contributed by atoms with Crippen LogP contribution in [0.25, 0.3) is 0 Å². The van der Waals surface area contributed by atoms with Crippen molar-refractivity contribution in [2.45, 2.75) is 13.0 Å². The van der Waals surface area contributed by atoms with Gasteiger partial charge in [-0.15, -0.1) is 0 Å². The van der Waals surface area contributed by atoms with Gasteiger partial charge in [-0.2, -0.15) is 0 Å². The molecule has 0 saturated heterocycles. The SMILES string of the molecule is COc1cc(C(O)c2c(OC)cccc2OC)ccc1C. The molecule has 0 heterocycles. The predicted octanol–water partition coefficient (Wildman–Crippen LogP) is 3.10. The van der Waals surface area contributed by atoms with Gasteiger partial charge in [0.15, 0.2) is 0 Å². The molecule has 0 aliphatic rings. The van der Waals surface area contributed by atoms with Gasteiger partial charge in [-0.25, -0.2) is 0 Å². The summed E-state index contributed by atoms with van der Waals surface area (Å²) in [6.07, 6.45) is -0.856. The van der Waals surface area contributed by atoms with E-state index in [2.05, 4.69) is 0 Å². The van der Waals surface area contributed by atoms with Crippen molar-refractivity contribution in [3.05, 3.63) is 53.1 Å². The second-order valence-corrected chi connectivity index (χ2v) is 4.71. The van der Waals surface area contributed by atoms with E-state index in [9.17, 15) is 5.11 Å². The third-order valence-corrected chi connectivity index (χ3v) is 3.49. The van der Waals surface area contributed by atoms with Crippen LogP contribution in [0.4, 0.5) is 0 Å². The van der Waals surface area contributed by atoms with Gasteiger partial charge in [0.1, 0.15) is 23.4 Å². The van der Waals surface area contributed by atoms with Crippen molar-refractivity contribution in [2.75, 3.05) is 21.3 Å². The molecule has 0 aliphatic carbocycles. The van der Waals surface area contributed by atoms with Gasteiger partial charge in [-0.1, -0.05) is 18.2 Å². The molecule has 0 saturated carbocycles. The van der Waals surface area contributed by atoms with Crippen molar-refractivity contribution in [3.63, 3.8) is 0 Å². The molecule has 1 atom stereocenters. The van der Waals surface area contributed by atoms with Crippen LogP contribution >= 0.6 is 0 Å². The lowest BCUT2D eigenvalue weighted by atomic mass is 9.98. The highest BCUT2D eigenvalue weighted by atomic mass is 16.5. The minimum Gasteiger partial charge on any atom is -0.496 e. The number of benzene rings is 2. The summed E-state index contributed by atoms with van der Waals surface area (Å²) in [7, 11) is 4.75. The summed E-state index contributed by atoms with van der Waals surface area (Å²) in [5.74, 6) is 1.91. The van der Waals surface area contributed by atoms with Crippen LogP contribution in [-0.4, -0.2) is 26.4 Å². The van der Waals surface area contributed by atoms with Gasteiger partial charge in [-0.05, 0) is 36.2 Å². The Hall–Kier alpha value is -2.20. The van der Waals surface area contributed by atoms with Crippen molar-refractivity contribution in [1.82, 2.24) is 0 Å². The van der Waals surface area contributed by atoms with E-state index < -0.39 is 6.10 Å². The molecule has 0 radical (unpaired) electrons. The average Bonchev–Trinajstić information content (AvgIpc) is 2.53. The minimum atomic E-state index is -0.856. The average molecular weight is 288 g/mol. The summed E-state index contributed by atoms with van der Waals surface area (Å²) < 4.78 is 16.0. The summed E-state index contributed by atoms with van der Waals surface area (Å²) in [5, 5.41) is 10.7. The molecule has 2 aromatic rings. The smallest absolute Gasteiger partial charge is 0.128 e. The van der Waals surface area contributed by atoms with Crippen LogP contribution in [-0.2, 0) is 0 Å². The van der Waals surface area contributed by atoms with Crippen molar-refractivity contribution in [2.24, 2.45) is 0 Å². The van der Waals surface area contributed by atoms with E-state index in [4.69, 9.17) is 14.2 Å². The first-order valence-electron chi connectivity index (χ1n) is 6.65. The van der Waals surface area contributed by atoms with Gasteiger partial charge in [0, 0.05) is 0 Å². The third-order valence-electron chi connectivity index (χ3n) is 3.49. The molecule has 4 nitrogen and oxygen atoms in total. The fourth-order valence-electron chi connectivity index (χ4n) is 2.32. The van der Waals surface area contributed by atoms with Gasteiger partial charge < -0.3 is 19.3 Å². The van der Waals surface area contributed by atoms with E-state index >= 15 is 0 Å². The number of rotatable bonds is 5. The van der Waals surface area contributed by atoms with Crippen molar-refractivity contribution >= 4 is 0 Å². The van der Waals surface area contributed by atoms with Gasteiger partial charge in [-0.3, -0.25) is 0 Å². The molecule has 21 heavy (non-hydrogen) atoms. The number of hydrogen-bond donors (Lipinski definition) is 1. The van der Waals surface area contributed by atoms with Crippen molar-refractivity contribution in [1.29, 1.82) is 0 Å². The fourth-order valence-corrected chi connectivity index (χ4v) is 2.32. The van der Waals surface area contributed by atoms with Crippen molar-refractivity contribution < 1.29 is 19.3 Å². The number of ether oxygens (including phenoxy) is 3. The van der Waals surface area contributed by atoms with Crippen LogP contribution in [0.3, 0.4) is 0 Å². The monoisotopic (exact) mass is 288 g/mol. The Balaban J connectivity index is 2.51. The largest absolute Gasteiger partial charge is 0.496 e. The zero-order valence-electron chi connectivity index (χ0n) is 12.7. The summed E-state index contributed by atoms with van der Waals surface area (Å²) in [5.41, 5.74) is 2.34. The Morgan fingerprint density at radius 3 is 1.95 bits per heavy atom. The lowest BCUT2D eigenvalue weighted by molar-refractivity contribution is 0.208. The molecule has 2 aromatic carbocycles. The molecule has 0 spiro atoms. The molecule has 1 unspecified atom stereocenters. The lowest BCUT2D eigenvalue weighted by Crippen LogP contribution is -2.05. The third kappa shape index (κ3) is 2.95. The van der Waals surface area contributed by atoms with Crippen LogP contribution in [0.5, 0.6) is 17.2 Å². The normalized spacial score (nSPS) is 11.9. The Labute approximate surface area is 124 Å². The van der Waals surface area contributed by atoms with Gasteiger partial charge in [0.25, 0.3) is 0 Å². The molecule has 0 fully saturated rings. The lowest BCUT2D eigenvalue weighted by Gasteiger charge is -2.19. The first-order chi connectivity index (χ1) is 10.1. The van der Waals surface area contributed by atoms with E-state index in [0.29, 0.717) is 17.1 Å². The topological polar surface area (TPSA) is 47.9 Å². The molecule has 1 N–H and O–H groups in total. The molecule has 2 rings (SSSR count). The van der Waals surface area contributed by atoms with Crippen LogP contribution in [0, 0.1) is 6.92 Å². The van der Waals surface area contributed by atoms with E-state index in [1.807, 2.05) is 31.2 Å². The number of methoxy groups -OCH3 is 3. The highest BCUT2D eigenvalue weighted by Crippen LogP contribution is 2.38. The minimum absolute atomic E-state index is 0.585. The van der Waals surface area contributed by atoms with Gasteiger partial charge in [0.2, 0.25) is 0 Å². The molecular formula is C17H20O4. The Bertz CT molecular complexity index is 600. The van der Waals surface area contributed by atoms with Crippen molar-refractivity contribution in [3.8, 4) is 17.2 Å². The Morgan fingerprint density at radius 2 is 1.43 bits per heavy atom. The molecular weight excluding hydrogens is 268 g/mol. The van der Waals surface area contributed by atoms with Gasteiger partial charge >= 0.3 is 0 Å². The number of hydrogen-bond acceptors (Lipinski definition) is 4.